The minimum absolute atomic E-state index is 0.0899. The van der Waals surface area contributed by atoms with Crippen molar-refractivity contribution in [1.29, 1.82) is 0 Å². The van der Waals surface area contributed by atoms with Crippen molar-refractivity contribution in [2.45, 2.75) is 46.2 Å². The van der Waals surface area contributed by atoms with Crippen molar-refractivity contribution < 1.29 is 4.39 Å². The van der Waals surface area contributed by atoms with Crippen LogP contribution in [0.5, 0.6) is 0 Å². The molecule has 0 fully saturated rings. The summed E-state index contributed by atoms with van der Waals surface area (Å²) in [7, 11) is 0. The van der Waals surface area contributed by atoms with Gasteiger partial charge in [-0.3, -0.25) is 0 Å². The Morgan fingerprint density at radius 3 is 2.76 bits per heavy atom. The molecule has 0 bridgehead atoms. The van der Waals surface area contributed by atoms with Crippen LogP contribution in [-0.2, 0) is 13.0 Å². The van der Waals surface area contributed by atoms with Crippen LogP contribution in [0, 0.1) is 12.7 Å². The Morgan fingerprint density at radius 1 is 1.29 bits per heavy atom. The summed E-state index contributed by atoms with van der Waals surface area (Å²) >= 11 is 0. The molecule has 1 N–H and O–H groups in total. The predicted molar refractivity (Wildman–Crippen MR) is 83.8 cm³/mol. The maximum Gasteiger partial charge on any atom is 0.123 e. The highest BCUT2D eigenvalue weighted by Crippen LogP contribution is 2.20. The van der Waals surface area contributed by atoms with Crippen molar-refractivity contribution in [3.05, 3.63) is 53.4 Å². The molecule has 3 nitrogen and oxygen atoms in total. The van der Waals surface area contributed by atoms with Crippen molar-refractivity contribution in [3.63, 3.8) is 0 Å². The van der Waals surface area contributed by atoms with E-state index in [0.29, 0.717) is 0 Å². The molecule has 1 aromatic carbocycles. The molecule has 0 radical (unpaired) electrons. The zero-order valence-corrected chi connectivity index (χ0v) is 13.1. The number of hydrogen-bond acceptors (Lipinski definition) is 2. The average Bonchev–Trinajstić information content (AvgIpc) is 2.89. The van der Waals surface area contributed by atoms with Gasteiger partial charge in [0.1, 0.15) is 11.6 Å². The van der Waals surface area contributed by atoms with Crippen LogP contribution in [0.4, 0.5) is 4.39 Å². The monoisotopic (exact) mass is 289 g/mol. The van der Waals surface area contributed by atoms with E-state index in [-0.39, 0.29) is 11.9 Å². The van der Waals surface area contributed by atoms with Crippen molar-refractivity contribution >= 4 is 0 Å². The van der Waals surface area contributed by atoms with Gasteiger partial charge in [-0.15, -0.1) is 0 Å². The van der Waals surface area contributed by atoms with E-state index in [1.807, 2.05) is 19.3 Å². The van der Waals surface area contributed by atoms with Gasteiger partial charge in [-0.25, -0.2) is 9.37 Å². The van der Waals surface area contributed by atoms with Gasteiger partial charge in [-0.2, -0.15) is 0 Å². The molecule has 1 heterocycles. The van der Waals surface area contributed by atoms with Crippen molar-refractivity contribution in [2.75, 3.05) is 6.54 Å². The molecule has 2 rings (SSSR count). The number of aryl methyl sites for hydroxylation is 2. The summed E-state index contributed by atoms with van der Waals surface area (Å²) in [5, 5.41) is 3.51. The molecule has 21 heavy (non-hydrogen) atoms. The Morgan fingerprint density at radius 2 is 2.10 bits per heavy atom. The highest BCUT2D eigenvalue weighted by atomic mass is 19.1. The second-order valence-electron chi connectivity index (χ2n) is 5.40. The molecule has 1 aromatic heterocycles. The minimum Gasteiger partial charge on any atom is -0.335 e. The maximum atomic E-state index is 13.7. The van der Waals surface area contributed by atoms with Crippen LogP contribution < -0.4 is 5.32 Å². The van der Waals surface area contributed by atoms with E-state index in [2.05, 4.69) is 34.8 Å². The Labute approximate surface area is 126 Å². The standard InChI is InChI=1S/C17H24FN3/c1-4-6-19-16(12-17-20-7-8-21(17)5-2)14-9-13(3)10-15(18)11-14/h7-11,16,19H,4-6,12H2,1-3H3. The van der Waals surface area contributed by atoms with Crippen LogP contribution in [0.2, 0.25) is 0 Å². The van der Waals surface area contributed by atoms with Gasteiger partial charge in [-0.05, 0) is 50.1 Å². The number of imidazole rings is 1. The summed E-state index contributed by atoms with van der Waals surface area (Å²) in [5.41, 5.74) is 1.94. The van der Waals surface area contributed by atoms with Gasteiger partial charge in [0, 0.05) is 31.4 Å². The molecule has 0 amide bonds. The summed E-state index contributed by atoms with van der Waals surface area (Å²) in [5.74, 6) is 0.861. The fraction of sp³-hybridized carbons (Fsp3) is 0.471. The SMILES string of the molecule is CCCNC(Cc1nccn1CC)c1cc(C)cc(F)c1. The lowest BCUT2D eigenvalue weighted by atomic mass is 10.0. The highest BCUT2D eigenvalue weighted by Gasteiger charge is 2.15. The molecule has 0 saturated carbocycles. The summed E-state index contributed by atoms with van der Waals surface area (Å²) in [6.07, 6.45) is 5.63. The van der Waals surface area contributed by atoms with Crippen LogP contribution in [0.25, 0.3) is 0 Å². The van der Waals surface area contributed by atoms with Gasteiger partial charge < -0.3 is 9.88 Å². The molecule has 0 saturated heterocycles. The maximum absolute atomic E-state index is 13.7. The number of benzene rings is 1. The number of nitrogens with zero attached hydrogens (tertiary/aromatic N) is 2. The minimum atomic E-state index is -0.174. The first-order valence-electron chi connectivity index (χ1n) is 7.64. The first-order valence-corrected chi connectivity index (χ1v) is 7.64. The van der Waals surface area contributed by atoms with Crippen LogP contribution in [-0.4, -0.2) is 16.1 Å². The Balaban J connectivity index is 2.25. The second kappa shape index (κ2) is 7.36. The first kappa shape index (κ1) is 15.7. The largest absolute Gasteiger partial charge is 0.335 e. The second-order valence-corrected chi connectivity index (χ2v) is 5.40. The third-order valence-electron chi connectivity index (χ3n) is 3.64. The highest BCUT2D eigenvalue weighted by molar-refractivity contribution is 5.27. The predicted octanol–water partition coefficient (Wildman–Crippen LogP) is 3.63. The molecule has 1 unspecified atom stereocenters. The molecule has 0 aliphatic carbocycles. The zero-order chi connectivity index (χ0) is 15.2. The van der Waals surface area contributed by atoms with Gasteiger partial charge >= 0.3 is 0 Å². The molecule has 114 valence electrons. The van der Waals surface area contributed by atoms with Crippen molar-refractivity contribution in [2.24, 2.45) is 0 Å². The number of nitrogens with one attached hydrogen (secondary N) is 1. The van der Waals surface area contributed by atoms with Crippen molar-refractivity contribution in [1.82, 2.24) is 14.9 Å². The normalized spacial score (nSPS) is 12.6. The molecular weight excluding hydrogens is 265 g/mol. The zero-order valence-electron chi connectivity index (χ0n) is 13.1. The summed E-state index contributed by atoms with van der Waals surface area (Å²) in [6, 6.07) is 5.33. The molecule has 1 atom stereocenters. The van der Waals surface area contributed by atoms with Crippen molar-refractivity contribution in [3.8, 4) is 0 Å². The quantitative estimate of drug-likeness (QED) is 0.843. The van der Waals surface area contributed by atoms with E-state index >= 15 is 0 Å². The third kappa shape index (κ3) is 4.14. The van der Waals surface area contributed by atoms with E-state index < -0.39 is 0 Å². The Kier molecular flexibility index (Phi) is 5.51. The number of halogens is 1. The Hall–Kier alpha value is -1.68. The van der Waals surface area contributed by atoms with E-state index in [1.165, 1.54) is 0 Å². The smallest absolute Gasteiger partial charge is 0.123 e. The molecular formula is C17H24FN3. The molecule has 2 aromatic rings. The number of aromatic nitrogens is 2. The molecule has 0 spiro atoms. The van der Waals surface area contributed by atoms with E-state index in [4.69, 9.17) is 0 Å². The van der Waals surface area contributed by atoms with Gasteiger partial charge in [0.05, 0.1) is 0 Å². The lowest BCUT2D eigenvalue weighted by Gasteiger charge is -2.20. The van der Waals surface area contributed by atoms with Gasteiger partial charge in [0.15, 0.2) is 0 Å². The third-order valence-corrected chi connectivity index (χ3v) is 3.64. The van der Waals surface area contributed by atoms with E-state index in [0.717, 1.165) is 42.9 Å². The van der Waals surface area contributed by atoms with Crippen LogP contribution >= 0.6 is 0 Å². The average molecular weight is 289 g/mol. The van der Waals surface area contributed by atoms with Crippen LogP contribution in [0.3, 0.4) is 0 Å². The number of rotatable bonds is 7. The molecule has 0 aliphatic heterocycles. The van der Waals surface area contributed by atoms with Crippen LogP contribution in [0.15, 0.2) is 30.6 Å². The fourth-order valence-electron chi connectivity index (χ4n) is 2.59. The van der Waals surface area contributed by atoms with Gasteiger partial charge in [0.25, 0.3) is 0 Å². The van der Waals surface area contributed by atoms with Gasteiger partial charge in [-0.1, -0.05) is 13.0 Å². The summed E-state index contributed by atoms with van der Waals surface area (Å²) < 4.78 is 15.8. The molecule has 4 heteroatoms. The lowest BCUT2D eigenvalue weighted by Crippen LogP contribution is -2.25. The Bertz CT molecular complexity index is 557. The fourth-order valence-corrected chi connectivity index (χ4v) is 2.59. The summed E-state index contributed by atoms with van der Waals surface area (Å²) in [6.45, 7) is 7.97. The first-order chi connectivity index (χ1) is 10.1. The van der Waals surface area contributed by atoms with E-state index in [1.54, 1.807) is 12.1 Å². The summed E-state index contributed by atoms with van der Waals surface area (Å²) in [4.78, 5) is 4.43. The molecule has 0 aliphatic rings. The van der Waals surface area contributed by atoms with Crippen LogP contribution in [0.1, 0.15) is 43.3 Å². The number of hydrogen-bond donors (Lipinski definition) is 1. The topological polar surface area (TPSA) is 29.9 Å². The lowest BCUT2D eigenvalue weighted by molar-refractivity contribution is 0.502. The van der Waals surface area contributed by atoms with Gasteiger partial charge in [0.2, 0.25) is 0 Å². The van der Waals surface area contributed by atoms with E-state index in [9.17, 15) is 4.39 Å².